The van der Waals surface area contributed by atoms with Crippen LogP contribution in [0.5, 0.6) is 0 Å². The zero-order valence-corrected chi connectivity index (χ0v) is 9.14. The molecule has 0 unspecified atom stereocenters. The van der Waals surface area contributed by atoms with E-state index in [4.69, 9.17) is 0 Å². The molecule has 0 aliphatic carbocycles. The van der Waals surface area contributed by atoms with Crippen molar-refractivity contribution in [2.45, 2.75) is 26.3 Å². The van der Waals surface area contributed by atoms with Crippen molar-refractivity contribution in [1.29, 1.82) is 0 Å². The monoisotopic (exact) mass is 220 g/mol. The Labute approximate surface area is 92.8 Å². The van der Waals surface area contributed by atoms with E-state index in [9.17, 15) is 14.9 Å². The van der Waals surface area contributed by atoms with Crippen LogP contribution in [0.15, 0.2) is 18.2 Å². The lowest BCUT2D eigenvalue weighted by atomic mass is 10.1. The summed E-state index contributed by atoms with van der Waals surface area (Å²) in [6, 6.07) is 4.76. The van der Waals surface area contributed by atoms with Crippen LogP contribution < -0.4 is 4.90 Å². The summed E-state index contributed by atoms with van der Waals surface area (Å²) in [6.07, 6.45) is 0.757. The van der Waals surface area contributed by atoms with Gasteiger partial charge in [-0.1, -0.05) is 6.07 Å². The summed E-state index contributed by atoms with van der Waals surface area (Å²) in [5.74, 6) is -0.0771. The Morgan fingerprint density at radius 3 is 2.81 bits per heavy atom. The van der Waals surface area contributed by atoms with E-state index in [-0.39, 0.29) is 17.6 Å². The Bertz CT molecular complexity index is 470. The zero-order valence-electron chi connectivity index (χ0n) is 9.14. The number of carbonyl (C=O) groups is 1. The molecule has 1 aromatic rings. The number of non-ortho nitro benzene ring substituents is 1. The Morgan fingerprint density at radius 2 is 2.25 bits per heavy atom. The van der Waals surface area contributed by atoms with E-state index in [0.29, 0.717) is 5.69 Å². The van der Waals surface area contributed by atoms with Crippen LogP contribution in [0.1, 0.15) is 19.4 Å². The summed E-state index contributed by atoms with van der Waals surface area (Å²) in [4.78, 5) is 23.3. The number of fused-ring (bicyclic) bond motifs is 1. The molecule has 5 heteroatoms. The largest absolute Gasteiger partial charge is 0.309 e. The molecule has 0 N–H and O–H groups in total. The Hall–Kier alpha value is -1.91. The summed E-state index contributed by atoms with van der Waals surface area (Å²) in [5.41, 5.74) is 1.70. The number of benzene rings is 1. The molecule has 5 nitrogen and oxygen atoms in total. The molecule has 0 radical (unpaired) electrons. The standard InChI is InChI=1S/C11H12N2O3/c1-7-5-9-3-4-10(13(15)16)6-11(9)12(7)8(2)14/h3-4,6-7H,5H2,1-2H3/t7-/m1/s1. The first-order valence-corrected chi connectivity index (χ1v) is 5.08. The zero-order chi connectivity index (χ0) is 11.9. The number of nitrogens with zero attached hydrogens (tertiary/aromatic N) is 2. The van der Waals surface area contributed by atoms with Crippen molar-refractivity contribution < 1.29 is 9.72 Å². The summed E-state index contributed by atoms with van der Waals surface area (Å²) < 4.78 is 0. The first-order valence-electron chi connectivity index (χ1n) is 5.08. The lowest BCUT2D eigenvalue weighted by molar-refractivity contribution is -0.384. The van der Waals surface area contributed by atoms with Crippen molar-refractivity contribution in [1.82, 2.24) is 0 Å². The van der Waals surface area contributed by atoms with E-state index in [2.05, 4.69) is 0 Å². The van der Waals surface area contributed by atoms with Crippen LogP contribution in [-0.2, 0) is 11.2 Å². The molecule has 0 fully saturated rings. The second-order valence-corrected chi connectivity index (χ2v) is 4.01. The highest BCUT2D eigenvalue weighted by Crippen LogP contribution is 2.34. The molecule has 0 saturated heterocycles. The van der Waals surface area contributed by atoms with E-state index in [1.165, 1.54) is 19.1 Å². The molecular weight excluding hydrogens is 208 g/mol. The van der Waals surface area contributed by atoms with E-state index in [0.717, 1.165) is 12.0 Å². The fourth-order valence-electron chi connectivity index (χ4n) is 2.19. The van der Waals surface area contributed by atoms with Crippen molar-refractivity contribution in [3.8, 4) is 0 Å². The Balaban J connectivity index is 2.50. The minimum atomic E-state index is -0.443. The van der Waals surface area contributed by atoms with Crippen molar-refractivity contribution in [2.75, 3.05) is 4.90 Å². The van der Waals surface area contributed by atoms with Gasteiger partial charge in [0.15, 0.2) is 0 Å². The molecule has 16 heavy (non-hydrogen) atoms. The molecule has 1 aromatic carbocycles. The molecule has 0 bridgehead atoms. The molecule has 1 heterocycles. The maximum atomic E-state index is 11.5. The van der Waals surface area contributed by atoms with Crippen LogP contribution in [-0.4, -0.2) is 16.9 Å². The number of hydrogen-bond donors (Lipinski definition) is 0. The molecule has 0 saturated carbocycles. The third kappa shape index (κ3) is 1.54. The second-order valence-electron chi connectivity index (χ2n) is 4.01. The third-order valence-corrected chi connectivity index (χ3v) is 2.83. The van der Waals surface area contributed by atoms with Crippen LogP contribution in [0.3, 0.4) is 0 Å². The van der Waals surface area contributed by atoms with Gasteiger partial charge in [-0.25, -0.2) is 0 Å². The summed E-state index contributed by atoms with van der Waals surface area (Å²) in [5, 5.41) is 10.7. The highest BCUT2D eigenvalue weighted by Gasteiger charge is 2.30. The van der Waals surface area contributed by atoms with Gasteiger partial charge in [-0.3, -0.25) is 14.9 Å². The topological polar surface area (TPSA) is 63.5 Å². The summed E-state index contributed by atoms with van der Waals surface area (Å²) in [6.45, 7) is 3.41. The van der Waals surface area contributed by atoms with E-state index >= 15 is 0 Å². The lowest BCUT2D eigenvalue weighted by Gasteiger charge is -2.20. The van der Waals surface area contributed by atoms with Gasteiger partial charge >= 0.3 is 0 Å². The SMILES string of the molecule is CC(=O)N1c2cc([N+](=O)[O-])ccc2C[C@H]1C. The van der Waals surface area contributed by atoms with Crippen LogP contribution in [0.25, 0.3) is 0 Å². The second kappa shape index (κ2) is 3.59. The summed E-state index contributed by atoms with van der Waals surface area (Å²) in [7, 11) is 0. The maximum Gasteiger partial charge on any atom is 0.271 e. The van der Waals surface area contributed by atoms with Gasteiger partial charge in [-0.2, -0.15) is 0 Å². The highest BCUT2D eigenvalue weighted by atomic mass is 16.6. The first kappa shape index (κ1) is 10.6. The van der Waals surface area contributed by atoms with Crippen molar-refractivity contribution >= 4 is 17.3 Å². The molecule has 0 spiro atoms. The number of rotatable bonds is 1. The van der Waals surface area contributed by atoms with Crippen LogP contribution in [0, 0.1) is 10.1 Å². The van der Waals surface area contributed by atoms with Crippen molar-refractivity contribution in [2.24, 2.45) is 0 Å². The predicted octanol–water partition coefficient (Wildman–Crippen LogP) is 1.89. The lowest BCUT2D eigenvalue weighted by Crippen LogP contribution is -2.33. The number of nitro benzene ring substituents is 1. The first-order chi connectivity index (χ1) is 7.50. The van der Waals surface area contributed by atoms with Gasteiger partial charge in [0.25, 0.3) is 5.69 Å². The fraction of sp³-hybridized carbons (Fsp3) is 0.364. The van der Waals surface area contributed by atoms with Gasteiger partial charge < -0.3 is 4.90 Å². The minimum absolute atomic E-state index is 0.0269. The molecular formula is C11H12N2O3. The molecule has 1 aliphatic rings. The normalized spacial score (nSPS) is 18.4. The molecule has 2 rings (SSSR count). The van der Waals surface area contributed by atoms with Crippen LogP contribution >= 0.6 is 0 Å². The van der Waals surface area contributed by atoms with Crippen LogP contribution in [0.2, 0.25) is 0 Å². The number of amides is 1. The predicted molar refractivity (Wildman–Crippen MR) is 59.4 cm³/mol. The maximum absolute atomic E-state index is 11.5. The number of nitro groups is 1. The smallest absolute Gasteiger partial charge is 0.271 e. The number of anilines is 1. The third-order valence-electron chi connectivity index (χ3n) is 2.83. The van der Waals surface area contributed by atoms with E-state index in [1.54, 1.807) is 11.0 Å². The van der Waals surface area contributed by atoms with Gasteiger partial charge in [0.1, 0.15) is 0 Å². The van der Waals surface area contributed by atoms with Gasteiger partial charge in [0.2, 0.25) is 5.91 Å². The molecule has 1 aliphatic heterocycles. The Morgan fingerprint density at radius 1 is 1.56 bits per heavy atom. The fourth-order valence-corrected chi connectivity index (χ4v) is 2.19. The van der Waals surface area contributed by atoms with Crippen molar-refractivity contribution in [3.63, 3.8) is 0 Å². The summed E-state index contributed by atoms with van der Waals surface area (Å²) >= 11 is 0. The van der Waals surface area contributed by atoms with E-state index < -0.39 is 4.92 Å². The van der Waals surface area contributed by atoms with Crippen LogP contribution in [0.4, 0.5) is 11.4 Å². The molecule has 1 amide bonds. The molecule has 0 aromatic heterocycles. The molecule has 1 atom stereocenters. The van der Waals surface area contributed by atoms with Gasteiger partial charge in [-0.05, 0) is 18.9 Å². The van der Waals surface area contributed by atoms with E-state index in [1.807, 2.05) is 6.92 Å². The van der Waals surface area contributed by atoms with Crippen molar-refractivity contribution in [3.05, 3.63) is 33.9 Å². The average molecular weight is 220 g/mol. The number of hydrogen-bond acceptors (Lipinski definition) is 3. The number of carbonyl (C=O) groups excluding carboxylic acids is 1. The van der Waals surface area contributed by atoms with Gasteiger partial charge in [0, 0.05) is 25.1 Å². The van der Waals surface area contributed by atoms with Gasteiger partial charge in [0.05, 0.1) is 10.6 Å². The minimum Gasteiger partial charge on any atom is -0.309 e. The molecule has 84 valence electrons. The quantitative estimate of drug-likeness (QED) is 0.536. The van der Waals surface area contributed by atoms with Gasteiger partial charge in [-0.15, -0.1) is 0 Å². The Kier molecular flexibility index (Phi) is 2.38. The highest BCUT2D eigenvalue weighted by molar-refractivity contribution is 5.94. The average Bonchev–Trinajstić information content (AvgIpc) is 2.51.